The average Bonchev–Trinajstić information content (AvgIpc) is 2.89. The van der Waals surface area contributed by atoms with Gasteiger partial charge in [0.1, 0.15) is 0 Å². The van der Waals surface area contributed by atoms with Gasteiger partial charge in [0.05, 0.1) is 19.1 Å². The van der Waals surface area contributed by atoms with Crippen molar-refractivity contribution in [1.29, 1.82) is 0 Å². The molecular formula is C26H29N3O5S. The molecule has 3 aromatic carbocycles. The predicted octanol–water partition coefficient (Wildman–Crippen LogP) is 3.46. The number of hydrogen-bond donors (Lipinski definition) is 1. The lowest BCUT2D eigenvalue weighted by Gasteiger charge is -2.34. The molecule has 1 saturated heterocycles. The summed E-state index contributed by atoms with van der Waals surface area (Å²) in [5.41, 5.74) is 2.14. The van der Waals surface area contributed by atoms with Crippen LogP contribution in [0.25, 0.3) is 0 Å². The lowest BCUT2D eigenvalue weighted by Crippen LogP contribution is -2.48. The summed E-state index contributed by atoms with van der Waals surface area (Å²) in [5.74, 6) is 0.898. The molecule has 0 aromatic heterocycles. The minimum atomic E-state index is -3.48. The Kier molecular flexibility index (Phi) is 7.70. The van der Waals surface area contributed by atoms with E-state index in [1.54, 1.807) is 68.8 Å². The molecule has 4 rings (SSSR count). The summed E-state index contributed by atoms with van der Waals surface area (Å²) in [7, 11) is -0.374. The Balaban J connectivity index is 1.36. The van der Waals surface area contributed by atoms with Crippen LogP contribution in [0.2, 0.25) is 0 Å². The maximum atomic E-state index is 12.8. The highest BCUT2D eigenvalue weighted by Crippen LogP contribution is 2.30. The number of methoxy groups -OCH3 is 2. The van der Waals surface area contributed by atoms with E-state index in [1.165, 1.54) is 4.31 Å². The molecule has 1 N–H and O–H groups in total. The van der Waals surface area contributed by atoms with Gasteiger partial charge in [0.15, 0.2) is 11.5 Å². The molecule has 184 valence electrons. The highest BCUT2D eigenvalue weighted by atomic mass is 32.2. The van der Waals surface area contributed by atoms with Gasteiger partial charge < -0.3 is 14.8 Å². The minimum Gasteiger partial charge on any atom is -0.493 e. The molecule has 3 aromatic rings. The largest absolute Gasteiger partial charge is 0.493 e. The van der Waals surface area contributed by atoms with Gasteiger partial charge in [0.25, 0.3) is 5.91 Å². The van der Waals surface area contributed by atoms with Crippen molar-refractivity contribution in [2.45, 2.75) is 11.4 Å². The van der Waals surface area contributed by atoms with Crippen LogP contribution in [0, 0.1) is 0 Å². The van der Waals surface area contributed by atoms with Gasteiger partial charge in [-0.05, 0) is 42.0 Å². The highest BCUT2D eigenvalue weighted by molar-refractivity contribution is 7.89. The highest BCUT2D eigenvalue weighted by Gasteiger charge is 2.28. The first-order valence-electron chi connectivity index (χ1n) is 11.3. The summed E-state index contributed by atoms with van der Waals surface area (Å²) in [5, 5.41) is 2.89. The lowest BCUT2D eigenvalue weighted by molar-refractivity contribution is 0.102. The molecule has 0 radical (unpaired) electrons. The minimum absolute atomic E-state index is 0.224. The van der Waals surface area contributed by atoms with Crippen LogP contribution >= 0.6 is 0 Å². The number of piperazine rings is 1. The first-order chi connectivity index (χ1) is 16.9. The number of nitrogens with one attached hydrogen (secondary N) is 1. The number of sulfonamides is 1. The number of benzene rings is 3. The van der Waals surface area contributed by atoms with Crippen LogP contribution in [0.15, 0.2) is 77.7 Å². The third-order valence-electron chi connectivity index (χ3n) is 5.95. The van der Waals surface area contributed by atoms with Crippen molar-refractivity contribution >= 4 is 21.6 Å². The molecule has 0 spiro atoms. The van der Waals surface area contributed by atoms with Crippen molar-refractivity contribution in [3.8, 4) is 11.5 Å². The topological polar surface area (TPSA) is 88.2 Å². The van der Waals surface area contributed by atoms with Gasteiger partial charge in [0, 0.05) is 50.0 Å². The van der Waals surface area contributed by atoms with E-state index in [1.807, 2.05) is 18.2 Å². The van der Waals surface area contributed by atoms with Gasteiger partial charge in [0.2, 0.25) is 10.0 Å². The maximum Gasteiger partial charge on any atom is 0.255 e. The summed E-state index contributed by atoms with van der Waals surface area (Å²) < 4.78 is 37.8. The Morgan fingerprint density at radius 2 is 1.57 bits per heavy atom. The van der Waals surface area contributed by atoms with Gasteiger partial charge in [-0.25, -0.2) is 8.42 Å². The number of carbonyl (C=O) groups excluding carboxylic acids is 1. The van der Waals surface area contributed by atoms with E-state index >= 15 is 0 Å². The first-order valence-corrected chi connectivity index (χ1v) is 12.7. The Labute approximate surface area is 206 Å². The second-order valence-corrected chi connectivity index (χ2v) is 10.2. The Bertz CT molecular complexity index is 1270. The molecule has 8 nitrogen and oxygen atoms in total. The Morgan fingerprint density at radius 1 is 0.857 bits per heavy atom. The molecule has 1 heterocycles. The summed E-state index contributed by atoms with van der Waals surface area (Å²) in [6, 6.07) is 21.2. The average molecular weight is 496 g/mol. The molecule has 0 saturated carbocycles. The van der Waals surface area contributed by atoms with E-state index in [-0.39, 0.29) is 5.91 Å². The predicted molar refractivity (Wildman–Crippen MR) is 134 cm³/mol. The molecule has 0 atom stereocenters. The quantitative estimate of drug-likeness (QED) is 0.515. The number of ether oxygens (including phenoxy) is 2. The van der Waals surface area contributed by atoms with Crippen molar-refractivity contribution in [3.05, 3.63) is 83.9 Å². The van der Waals surface area contributed by atoms with Crippen LogP contribution in [0.5, 0.6) is 11.5 Å². The van der Waals surface area contributed by atoms with Crippen LogP contribution < -0.4 is 14.8 Å². The molecule has 1 aliphatic rings. The normalized spacial score (nSPS) is 14.9. The molecule has 1 aliphatic heterocycles. The van der Waals surface area contributed by atoms with E-state index in [0.29, 0.717) is 60.4 Å². The van der Waals surface area contributed by atoms with Gasteiger partial charge >= 0.3 is 0 Å². The molecule has 1 amide bonds. The zero-order valence-electron chi connectivity index (χ0n) is 19.8. The zero-order chi connectivity index (χ0) is 24.8. The number of nitrogens with zero attached hydrogens (tertiary/aromatic N) is 2. The van der Waals surface area contributed by atoms with Crippen molar-refractivity contribution in [1.82, 2.24) is 9.21 Å². The fourth-order valence-electron chi connectivity index (χ4n) is 4.06. The number of amides is 1. The summed E-state index contributed by atoms with van der Waals surface area (Å²) in [6.45, 7) is 2.73. The van der Waals surface area contributed by atoms with Crippen LogP contribution in [0.3, 0.4) is 0 Å². The van der Waals surface area contributed by atoms with E-state index in [0.717, 1.165) is 5.56 Å². The van der Waals surface area contributed by atoms with Gasteiger partial charge in [-0.2, -0.15) is 4.31 Å². The van der Waals surface area contributed by atoms with E-state index in [2.05, 4.69) is 10.2 Å². The van der Waals surface area contributed by atoms with Crippen LogP contribution in [-0.4, -0.2) is 63.9 Å². The van der Waals surface area contributed by atoms with Crippen LogP contribution in [0.4, 0.5) is 5.69 Å². The zero-order valence-corrected chi connectivity index (χ0v) is 20.6. The smallest absolute Gasteiger partial charge is 0.255 e. The van der Waals surface area contributed by atoms with Crippen molar-refractivity contribution in [3.63, 3.8) is 0 Å². The molecule has 35 heavy (non-hydrogen) atoms. The van der Waals surface area contributed by atoms with E-state index in [9.17, 15) is 13.2 Å². The lowest BCUT2D eigenvalue weighted by atomic mass is 10.1. The second kappa shape index (κ2) is 10.9. The number of carbonyl (C=O) groups is 1. The van der Waals surface area contributed by atoms with Crippen LogP contribution in [-0.2, 0) is 16.6 Å². The molecule has 9 heteroatoms. The summed E-state index contributed by atoms with van der Waals surface area (Å²) >= 11 is 0. The third-order valence-corrected chi connectivity index (χ3v) is 7.86. The third kappa shape index (κ3) is 5.82. The van der Waals surface area contributed by atoms with Gasteiger partial charge in [-0.3, -0.25) is 9.69 Å². The monoisotopic (exact) mass is 495 g/mol. The van der Waals surface area contributed by atoms with Crippen LogP contribution in [0.1, 0.15) is 15.9 Å². The molecular weight excluding hydrogens is 466 g/mol. The SMILES string of the molecule is COc1ccc(NC(=O)c2cccc(CN3CCN(S(=O)(=O)c4ccccc4)CC3)c2)cc1OC. The van der Waals surface area contributed by atoms with E-state index in [4.69, 9.17) is 9.47 Å². The van der Waals surface area contributed by atoms with Crippen molar-refractivity contribution < 1.29 is 22.7 Å². The fourth-order valence-corrected chi connectivity index (χ4v) is 5.50. The Hall–Kier alpha value is -3.40. The first kappa shape index (κ1) is 24.7. The molecule has 0 aliphatic carbocycles. The second-order valence-electron chi connectivity index (χ2n) is 8.22. The van der Waals surface area contributed by atoms with Crippen molar-refractivity contribution in [2.24, 2.45) is 0 Å². The summed E-state index contributed by atoms with van der Waals surface area (Å²) in [6.07, 6.45) is 0. The number of rotatable bonds is 8. The maximum absolute atomic E-state index is 12.8. The van der Waals surface area contributed by atoms with Gasteiger partial charge in [-0.15, -0.1) is 0 Å². The molecule has 1 fully saturated rings. The van der Waals surface area contributed by atoms with E-state index < -0.39 is 10.0 Å². The number of hydrogen-bond acceptors (Lipinski definition) is 6. The fraction of sp³-hybridized carbons (Fsp3) is 0.269. The molecule has 0 unspecified atom stereocenters. The summed E-state index contributed by atoms with van der Waals surface area (Å²) in [4.78, 5) is 15.3. The van der Waals surface area contributed by atoms with Crippen molar-refractivity contribution in [2.75, 3.05) is 45.7 Å². The molecule has 0 bridgehead atoms. The number of anilines is 1. The van der Waals surface area contributed by atoms with Gasteiger partial charge in [-0.1, -0.05) is 30.3 Å². The Morgan fingerprint density at radius 3 is 2.26 bits per heavy atom. The standard InChI is InChI=1S/C26H29N3O5S/c1-33-24-12-11-22(18-25(24)34-2)27-26(30)21-8-6-7-20(17-21)19-28-13-15-29(16-14-28)35(31,32)23-9-4-3-5-10-23/h3-12,17-18H,13-16,19H2,1-2H3,(H,27,30).